The van der Waals surface area contributed by atoms with Crippen molar-refractivity contribution in [2.24, 2.45) is 0 Å². The Morgan fingerprint density at radius 2 is 2.00 bits per heavy atom. The molecular formula is C15H22N2O3. The molecule has 2 rings (SSSR count). The molecule has 20 heavy (non-hydrogen) atoms. The average molecular weight is 278 g/mol. The normalized spacial score (nSPS) is 17.9. The number of rotatable bonds is 6. The van der Waals surface area contributed by atoms with Gasteiger partial charge in [-0.25, -0.2) is 4.79 Å². The highest BCUT2D eigenvalue weighted by Gasteiger charge is 2.13. The maximum atomic E-state index is 10.8. The Hall–Kier alpha value is -1.43. The Bertz CT molecular complexity index is 427. The molecule has 1 atom stereocenters. The molecular weight excluding hydrogens is 256 g/mol. The summed E-state index contributed by atoms with van der Waals surface area (Å²) in [7, 11) is 0. The minimum absolute atomic E-state index is 0.329. The summed E-state index contributed by atoms with van der Waals surface area (Å²) in [4.78, 5) is 13.2. The van der Waals surface area contributed by atoms with Crippen LogP contribution in [0.15, 0.2) is 24.3 Å². The molecule has 2 N–H and O–H groups in total. The first-order valence-corrected chi connectivity index (χ1v) is 7.01. The molecule has 1 aromatic carbocycles. The van der Waals surface area contributed by atoms with E-state index in [4.69, 9.17) is 9.84 Å². The molecule has 0 aliphatic carbocycles. The number of hydrogen-bond donors (Lipinski definition) is 2. The van der Waals surface area contributed by atoms with E-state index >= 15 is 0 Å². The summed E-state index contributed by atoms with van der Waals surface area (Å²) >= 11 is 0. The molecule has 1 aromatic rings. The number of carboxylic acid groups (broad SMARTS) is 1. The van der Waals surface area contributed by atoms with Crippen LogP contribution in [0, 0.1) is 0 Å². The molecule has 0 amide bonds. The monoisotopic (exact) mass is 278 g/mol. The smallest absolute Gasteiger partial charge is 0.335 e. The fourth-order valence-corrected chi connectivity index (χ4v) is 2.29. The molecule has 1 aliphatic rings. The molecule has 0 bridgehead atoms. The Morgan fingerprint density at radius 1 is 1.35 bits per heavy atom. The molecule has 1 heterocycles. The first kappa shape index (κ1) is 15.0. The maximum Gasteiger partial charge on any atom is 0.335 e. The zero-order valence-electron chi connectivity index (χ0n) is 11.8. The summed E-state index contributed by atoms with van der Waals surface area (Å²) in [6.07, 6.45) is 0. The third-order valence-electron chi connectivity index (χ3n) is 3.49. The standard InChI is InChI=1S/C15H22N2O3/c1-12(11-17-6-8-20-9-7-17)16-10-13-2-4-14(5-3-13)15(18)19/h2-5,12,16H,6-11H2,1H3,(H,18,19). The van der Waals surface area contributed by atoms with Gasteiger partial charge in [0, 0.05) is 32.2 Å². The molecule has 1 aliphatic heterocycles. The van der Waals surface area contributed by atoms with Gasteiger partial charge in [-0.15, -0.1) is 0 Å². The summed E-state index contributed by atoms with van der Waals surface area (Å²) < 4.78 is 5.33. The molecule has 5 heteroatoms. The Morgan fingerprint density at radius 3 is 2.60 bits per heavy atom. The van der Waals surface area contributed by atoms with Gasteiger partial charge in [-0.3, -0.25) is 4.90 Å². The lowest BCUT2D eigenvalue weighted by Crippen LogP contribution is -2.44. The van der Waals surface area contributed by atoms with Crippen LogP contribution in [-0.4, -0.2) is 54.9 Å². The van der Waals surface area contributed by atoms with Crippen molar-refractivity contribution < 1.29 is 14.6 Å². The highest BCUT2D eigenvalue weighted by Crippen LogP contribution is 2.05. The Labute approximate surface area is 119 Å². The molecule has 110 valence electrons. The third-order valence-corrected chi connectivity index (χ3v) is 3.49. The highest BCUT2D eigenvalue weighted by molar-refractivity contribution is 5.87. The summed E-state index contributed by atoms with van der Waals surface area (Å²) in [5.74, 6) is -0.884. The zero-order valence-corrected chi connectivity index (χ0v) is 11.8. The van der Waals surface area contributed by atoms with E-state index in [9.17, 15) is 4.79 Å². The number of nitrogens with zero attached hydrogens (tertiary/aromatic N) is 1. The molecule has 5 nitrogen and oxygen atoms in total. The van der Waals surface area contributed by atoms with Crippen molar-refractivity contribution in [3.05, 3.63) is 35.4 Å². The van der Waals surface area contributed by atoms with E-state index in [1.807, 2.05) is 12.1 Å². The first-order chi connectivity index (χ1) is 9.65. The number of ether oxygens (including phenoxy) is 1. The number of nitrogens with one attached hydrogen (secondary N) is 1. The quantitative estimate of drug-likeness (QED) is 0.818. The second-order valence-corrected chi connectivity index (χ2v) is 5.20. The van der Waals surface area contributed by atoms with Gasteiger partial charge < -0.3 is 15.2 Å². The zero-order chi connectivity index (χ0) is 14.4. The topological polar surface area (TPSA) is 61.8 Å². The van der Waals surface area contributed by atoms with Crippen molar-refractivity contribution >= 4 is 5.97 Å². The van der Waals surface area contributed by atoms with Gasteiger partial charge >= 0.3 is 5.97 Å². The molecule has 0 spiro atoms. The second-order valence-electron chi connectivity index (χ2n) is 5.20. The fraction of sp³-hybridized carbons (Fsp3) is 0.533. The van der Waals surface area contributed by atoms with Gasteiger partial charge in [0.1, 0.15) is 0 Å². The number of morpholine rings is 1. The maximum absolute atomic E-state index is 10.8. The van der Waals surface area contributed by atoms with Gasteiger partial charge in [-0.05, 0) is 24.6 Å². The van der Waals surface area contributed by atoms with E-state index in [-0.39, 0.29) is 0 Å². The molecule has 1 saturated heterocycles. The number of benzene rings is 1. The average Bonchev–Trinajstić information content (AvgIpc) is 2.46. The lowest BCUT2D eigenvalue weighted by atomic mass is 10.1. The van der Waals surface area contributed by atoms with Crippen LogP contribution in [0.5, 0.6) is 0 Å². The van der Waals surface area contributed by atoms with Crippen LogP contribution < -0.4 is 5.32 Å². The van der Waals surface area contributed by atoms with Crippen LogP contribution in [0.25, 0.3) is 0 Å². The Kier molecular flexibility index (Phi) is 5.52. The predicted octanol–water partition coefficient (Wildman–Crippen LogP) is 1.20. The van der Waals surface area contributed by atoms with E-state index in [0.29, 0.717) is 11.6 Å². The van der Waals surface area contributed by atoms with Gasteiger partial charge in [0.2, 0.25) is 0 Å². The van der Waals surface area contributed by atoms with Crippen LogP contribution in [0.1, 0.15) is 22.8 Å². The van der Waals surface area contributed by atoms with Gasteiger partial charge in [0.05, 0.1) is 18.8 Å². The molecule has 0 radical (unpaired) electrons. The SMILES string of the molecule is CC(CN1CCOCC1)NCc1ccc(C(=O)O)cc1. The van der Waals surface area contributed by atoms with Crippen LogP contribution >= 0.6 is 0 Å². The van der Waals surface area contributed by atoms with Crippen molar-refractivity contribution in [3.63, 3.8) is 0 Å². The van der Waals surface area contributed by atoms with E-state index in [1.165, 1.54) is 0 Å². The summed E-state index contributed by atoms with van der Waals surface area (Å²) in [5.41, 5.74) is 1.43. The number of carboxylic acids is 1. The van der Waals surface area contributed by atoms with Crippen molar-refractivity contribution in [3.8, 4) is 0 Å². The fourth-order valence-electron chi connectivity index (χ4n) is 2.29. The van der Waals surface area contributed by atoms with Crippen LogP contribution in [0.2, 0.25) is 0 Å². The van der Waals surface area contributed by atoms with E-state index in [1.54, 1.807) is 12.1 Å². The predicted molar refractivity (Wildman–Crippen MR) is 77.0 cm³/mol. The van der Waals surface area contributed by atoms with Crippen molar-refractivity contribution in [1.82, 2.24) is 10.2 Å². The van der Waals surface area contributed by atoms with Crippen molar-refractivity contribution in [2.45, 2.75) is 19.5 Å². The number of carbonyl (C=O) groups is 1. The van der Waals surface area contributed by atoms with E-state index in [2.05, 4.69) is 17.1 Å². The molecule has 1 fully saturated rings. The molecule has 0 saturated carbocycles. The second kappa shape index (κ2) is 7.38. The minimum atomic E-state index is -0.884. The lowest BCUT2D eigenvalue weighted by molar-refractivity contribution is 0.0343. The van der Waals surface area contributed by atoms with Gasteiger partial charge in [0.25, 0.3) is 0 Å². The third kappa shape index (κ3) is 4.59. The largest absolute Gasteiger partial charge is 0.478 e. The van der Waals surface area contributed by atoms with Crippen molar-refractivity contribution in [2.75, 3.05) is 32.8 Å². The summed E-state index contributed by atoms with van der Waals surface area (Å²) in [6, 6.07) is 7.40. The number of aromatic carboxylic acids is 1. The van der Waals surface area contributed by atoms with Gasteiger partial charge in [-0.2, -0.15) is 0 Å². The summed E-state index contributed by atoms with van der Waals surface area (Å²) in [6.45, 7) is 7.58. The van der Waals surface area contributed by atoms with Crippen LogP contribution in [0.4, 0.5) is 0 Å². The number of hydrogen-bond acceptors (Lipinski definition) is 4. The lowest BCUT2D eigenvalue weighted by Gasteiger charge is -2.29. The van der Waals surface area contributed by atoms with E-state index in [0.717, 1.165) is 45.0 Å². The van der Waals surface area contributed by atoms with Gasteiger partial charge in [0.15, 0.2) is 0 Å². The molecule has 1 unspecified atom stereocenters. The molecule has 0 aromatic heterocycles. The van der Waals surface area contributed by atoms with Crippen LogP contribution in [-0.2, 0) is 11.3 Å². The van der Waals surface area contributed by atoms with Crippen molar-refractivity contribution in [1.29, 1.82) is 0 Å². The van der Waals surface area contributed by atoms with Crippen LogP contribution in [0.3, 0.4) is 0 Å². The highest BCUT2D eigenvalue weighted by atomic mass is 16.5. The van der Waals surface area contributed by atoms with E-state index < -0.39 is 5.97 Å². The first-order valence-electron chi connectivity index (χ1n) is 7.01. The summed E-state index contributed by atoms with van der Waals surface area (Å²) in [5, 5.41) is 12.3. The van der Waals surface area contributed by atoms with Gasteiger partial charge in [-0.1, -0.05) is 12.1 Å². The Balaban J connectivity index is 1.74. The minimum Gasteiger partial charge on any atom is -0.478 e.